The quantitative estimate of drug-likeness (QED) is 0.632. The van der Waals surface area contributed by atoms with Crippen LogP contribution in [0.15, 0.2) is 54.6 Å². The number of para-hydroxylation sites is 1. The van der Waals surface area contributed by atoms with Gasteiger partial charge in [0.25, 0.3) is 5.91 Å². The predicted molar refractivity (Wildman–Crippen MR) is 113 cm³/mol. The Kier molecular flexibility index (Phi) is 5.26. The maximum Gasteiger partial charge on any atom is 0.254 e. The van der Waals surface area contributed by atoms with Crippen molar-refractivity contribution in [3.8, 4) is 28.9 Å². The molecule has 3 aromatic rings. The van der Waals surface area contributed by atoms with Gasteiger partial charge in [0.1, 0.15) is 28.6 Å². The molecule has 30 heavy (non-hydrogen) atoms. The molecule has 1 atom stereocenters. The first-order chi connectivity index (χ1) is 14.6. The fourth-order valence-corrected chi connectivity index (χ4v) is 3.75. The Morgan fingerprint density at radius 1 is 1.17 bits per heavy atom. The van der Waals surface area contributed by atoms with E-state index in [2.05, 4.69) is 11.3 Å². The molecule has 2 heterocycles. The van der Waals surface area contributed by atoms with Crippen LogP contribution in [-0.2, 0) is 0 Å². The second-order valence-corrected chi connectivity index (χ2v) is 7.20. The molecule has 8 heteroatoms. The summed E-state index contributed by atoms with van der Waals surface area (Å²) in [6.07, 6.45) is 3.84. The van der Waals surface area contributed by atoms with E-state index in [9.17, 15) is 10.1 Å². The molecule has 0 spiro atoms. The molecular weight excluding hydrogens is 380 g/mol. The van der Waals surface area contributed by atoms with Crippen LogP contribution in [-0.4, -0.2) is 33.7 Å². The molecule has 0 unspecified atom stereocenters. The van der Waals surface area contributed by atoms with Gasteiger partial charge in [-0.15, -0.1) is 0 Å². The molecular formula is C22H22N6O2. The van der Waals surface area contributed by atoms with Crippen LogP contribution in [0.25, 0.3) is 11.3 Å². The lowest BCUT2D eigenvalue weighted by atomic mass is 10.1. The van der Waals surface area contributed by atoms with E-state index in [0.717, 1.165) is 12.8 Å². The second-order valence-electron chi connectivity index (χ2n) is 7.20. The highest BCUT2D eigenvalue weighted by Gasteiger charge is 2.28. The Hall–Kier alpha value is -3.99. The molecule has 4 rings (SSSR count). The van der Waals surface area contributed by atoms with Crippen molar-refractivity contribution in [1.29, 1.82) is 5.26 Å². The summed E-state index contributed by atoms with van der Waals surface area (Å²) in [5.41, 5.74) is 13.2. The van der Waals surface area contributed by atoms with Crippen LogP contribution in [0.1, 0.15) is 29.2 Å². The van der Waals surface area contributed by atoms with E-state index in [0.29, 0.717) is 35.8 Å². The first kappa shape index (κ1) is 19.3. The van der Waals surface area contributed by atoms with Gasteiger partial charge in [0.2, 0.25) is 0 Å². The van der Waals surface area contributed by atoms with Crippen molar-refractivity contribution in [1.82, 2.24) is 14.7 Å². The van der Waals surface area contributed by atoms with Crippen molar-refractivity contribution in [3.05, 3.63) is 60.2 Å². The fourth-order valence-electron chi connectivity index (χ4n) is 3.75. The molecule has 8 nitrogen and oxygen atoms in total. The van der Waals surface area contributed by atoms with Gasteiger partial charge in [0.15, 0.2) is 6.19 Å². The number of nitrogens with zero attached hydrogens (tertiary/aromatic N) is 4. The van der Waals surface area contributed by atoms with Gasteiger partial charge in [-0.1, -0.05) is 30.3 Å². The highest BCUT2D eigenvalue weighted by molar-refractivity contribution is 6.03. The predicted octanol–water partition coefficient (Wildman–Crippen LogP) is 3.14. The van der Waals surface area contributed by atoms with Gasteiger partial charge in [-0.25, -0.2) is 4.68 Å². The summed E-state index contributed by atoms with van der Waals surface area (Å²) in [4.78, 5) is 13.9. The number of rotatable bonds is 5. The molecule has 0 aliphatic carbocycles. The minimum Gasteiger partial charge on any atom is -0.457 e. The highest BCUT2D eigenvalue weighted by atomic mass is 16.5. The monoisotopic (exact) mass is 402 g/mol. The number of nitriles is 1. The topological polar surface area (TPSA) is 123 Å². The lowest BCUT2D eigenvalue weighted by molar-refractivity contribution is 0.100. The Morgan fingerprint density at radius 3 is 2.67 bits per heavy atom. The maximum absolute atomic E-state index is 12.2. The summed E-state index contributed by atoms with van der Waals surface area (Å²) in [5, 5.41) is 13.9. The number of nitrogen functional groups attached to an aromatic ring is 1. The van der Waals surface area contributed by atoms with Crippen molar-refractivity contribution in [3.63, 3.8) is 0 Å². The zero-order chi connectivity index (χ0) is 21.1. The molecule has 1 aromatic heterocycles. The van der Waals surface area contributed by atoms with Crippen molar-refractivity contribution >= 4 is 11.7 Å². The zero-order valence-electron chi connectivity index (χ0n) is 16.4. The first-order valence-corrected chi connectivity index (χ1v) is 9.72. The average molecular weight is 402 g/mol. The number of ether oxygens (including phenoxy) is 1. The number of likely N-dealkylation sites (tertiary alicyclic amines) is 1. The van der Waals surface area contributed by atoms with Crippen LogP contribution in [0.5, 0.6) is 11.5 Å². The Morgan fingerprint density at radius 2 is 1.93 bits per heavy atom. The van der Waals surface area contributed by atoms with Crippen molar-refractivity contribution in [2.75, 3.05) is 18.8 Å². The van der Waals surface area contributed by atoms with E-state index in [1.165, 1.54) is 0 Å². The number of aromatic nitrogens is 2. The van der Waals surface area contributed by atoms with Gasteiger partial charge in [-0.3, -0.25) is 4.79 Å². The summed E-state index contributed by atoms with van der Waals surface area (Å²) in [5.74, 6) is 0.886. The Labute approximate surface area is 174 Å². The van der Waals surface area contributed by atoms with Gasteiger partial charge >= 0.3 is 0 Å². The van der Waals surface area contributed by atoms with E-state index in [1.54, 1.807) is 15.6 Å². The number of carbonyl (C=O) groups excluding carboxylic acids is 1. The van der Waals surface area contributed by atoms with Crippen LogP contribution in [0.3, 0.4) is 0 Å². The van der Waals surface area contributed by atoms with Crippen LogP contribution in [0.4, 0.5) is 5.82 Å². The van der Waals surface area contributed by atoms with Crippen molar-refractivity contribution in [2.24, 2.45) is 5.73 Å². The molecule has 1 amide bonds. The van der Waals surface area contributed by atoms with Crippen molar-refractivity contribution < 1.29 is 9.53 Å². The number of hydrogen-bond acceptors (Lipinski definition) is 6. The summed E-state index contributed by atoms with van der Waals surface area (Å²) in [7, 11) is 0. The van der Waals surface area contributed by atoms with E-state index < -0.39 is 5.91 Å². The third-order valence-corrected chi connectivity index (χ3v) is 5.16. The summed E-state index contributed by atoms with van der Waals surface area (Å²) in [6.45, 7) is 1.21. The molecule has 0 saturated carbocycles. The van der Waals surface area contributed by atoms with Crippen LogP contribution in [0.2, 0.25) is 0 Å². The van der Waals surface area contributed by atoms with E-state index in [1.807, 2.05) is 48.5 Å². The van der Waals surface area contributed by atoms with Gasteiger partial charge in [0.05, 0.1) is 12.6 Å². The number of benzene rings is 2. The lowest BCUT2D eigenvalue weighted by Gasteiger charge is -2.29. The number of primary amides is 1. The molecule has 0 radical (unpaired) electrons. The summed E-state index contributed by atoms with van der Waals surface area (Å²) in [6, 6.07) is 16.6. The SMILES string of the molecule is N#CN1CCC[C@@H](n2nc(-c3cccc(Oc4ccccc4)c3)c(C(N)=O)c2N)C1. The molecule has 4 N–H and O–H groups in total. The number of hydrogen-bond donors (Lipinski definition) is 2. The number of carbonyl (C=O) groups is 1. The molecule has 0 bridgehead atoms. The largest absolute Gasteiger partial charge is 0.457 e. The molecule has 1 fully saturated rings. The van der Waals surface area contributed by atoms with Gasteiger partial charge in [-0.05, 0) is 37.1 Å². The van der Waals surface area contributed by atoms with Gasteiger partial charge < -0.3 is 21.1 Å². The first-order valence-electron chi connectivity index (χ1n) is 9.72. The van der Waals surface area contributed by atoms with E-state index in [4.69, 9.17) is 16.2 Å². The number of anilines is 1. The normalized spacial score (nSPS) is 16.1. The summed E-state index contributed by atoms with van der Waals surface area (Å²) >= 11 is 0. The van der Waals surface area contributed by atoms with Crippen LogP contribution >= 0.6 is 0 Å². The zero-order valence-corrected chi connectivity index (χ0v) is 16.4. The molecule has 1 saturated heterocycles. The molecule has 152 valence electrons. The molecule has 2 aromatic carbocycles. The maximum atomic E-state index is 12.2. The minimum absolute atomic E-state index is 0.103. The Bertz CT molecular complexity index is 1100. The second kappa shape index (κ2) is 8.17. The van der Waals surface area contributed by atoms with Crippen LogP contribution in [0, 0.1) is 11.5 Å². The third kappa shape index (κ3) is 3.78. The van der Waals surface area contributed by atoms with Crippen molar-refractivity contribution in [2.45, 2.75) is 18.9 Å². The molecule has 1 aliphatic rings. The van der Waals surface area contributed by atoms with E-state index in [-0.39, 0.29) is 17.4 Å². The number of amides is 1. The number of piperidine rings is 1. The lowest BCUT2D eigenvalue weighted by Crippen LogP contribution is -2.34. The van der Waals surface area contributed by atoms with Crippen LogP contribution < -0.4 is 16.2 Å². The average Bonchev–Trinajstić information content (AvgIpc) is 3.12. The third-order valence-electron chi connectivity index (χ3n) is 5.16. The smallest absolute Gasteiger partial charge is 0.254 e. The minimum atomic E-state index is -0.643. The standard InChI is InChI=1S/C22H22N6O2/c23-14-27-11-5-7-16(13-27)28-21(24)19(22(25)29)20(26-28)15-6-4-10-18(12-15)30-17-8-2-1-3-9-17/h1-4,6,8-10,12,16H,5,7,11,13,24H2,(H2,25,29)/t16-/m1/s1. The highest BCUT2D eigenvalue weighted by Crippen LogP contribution is 2.34. The summed E-state index contributed by atoms with van der Waals surface area (Å²) < 4.78 is 7.53. The van der Waals surface area contributed by atoms with E-state index >= 15 is 0 Å². The van der Waals surface area contributed by atoms with Gasteiger partial charge in [0, 0.05) is 12.1 Å². The van der Waals surface area contributed by atoms with Gasteiger partial charge in [-0.2, -0.15) is 10.4 Å². The Balaban J connectivity index is 1.71. The molecule has 1 aliphatic heterocycles. The fraction of sp³-hybridized carbons (Fsp3) is 0.227. The number of nitrogens with two attached hydrogens (primary N) is 2.